The second kappa shape index (κ2) is 5.75. The predicted molar refractivity (Wildman–Crippen MR) is 80.1 cm³/mol. The van der Waals surface area contributed by atoms with Gasteiger partial charge in [0, 0.05) is 0 Å². The molecule has 0 saturated carbocycles. The van der Waals surface area contributed by atoms with E-state index in [-0.39, 0.29) is 23.8 Å². The maximum Gasteiger partial charge on any atom is 0.416 e. The maximum absolute atomic E-state index is 13.0. The van der Waals surface area contributed by atoms with E-state index >= 15 is 0 Å². The first-order chi connectivity index (χ1) is 11.6. The van der Waals surface area contributed by atoms with Crippen molar-refractivity contribution in [2.45, 2.75) is 12.4 Å². The van der Waals surface area contributed by atoms with Crippen LogP contribution in [0.4, 0.5) is 43.4 Å². The van der Waals surface area contributed by atoms with Crippen molar-refractivity contribution in [1.82, 2.24) is 0 Å². The Kier molecular flexibility index (Phi) is 3.97. The van der Waals surface area contributed by atoms with Gasteiger partial charge in [0.2, 0.25) is 0 Å². The van der Waals surface area contributed by atoms with Crippen LogP contribution in [0.5, 0.6) is 5.75 Å². The number of fused-ring (bicyclic) bond motifs is 1. The van der Waals surface area contributed by atoms with Crippen molar-refractivity contribution in [2.75, 3.05) is 24.0 Å². The Morgan fingerprint density at radius 2 is 1.48 bits per heavy atom. The molecule has 1 N–H and O–H groups in total. The molecule has 0 atom stereocenters. The zero-order valence-corrected chi connectivity index (χ0v) is 12.8. The van der Waals surface area contributed by atoms with Crippen molar-refractivity contribution in [1.29, 1.82) is 0 Å². The van der Waals surface area contributed by atoms with E-state index in [0.29, 0.717) is 5.69 Å². The van der Waals surface area contributed by atoms with E-state index in [9.17, 15) is 26.3 Å². The molecule has 0 unspecified atom stereocenters. The van der Waals surface area contributed by atoms with Gasteiger partial charge in [0.1, 0.15) is 5.75 Å². The summed E-state index contributed by atoms with van der Waals surface area (Å²) < 4.78 is 82.4. The Morgan fingerprint density at radius 3 is 2.08 bits per heavy atom. The third kappa shape index (κ3) is 3.18. The Balaban J connectivity index is 2.06. The Morgan fingerprint density at radius 1 is 0.880 bits per heavy atom. The van der Waals surface area contributed by atoms with Crippen molar-refractivity contribution >= 4 is 17.1 Å². The first-order valence-electron chi connectivity index (χ1n) is 7.09. The zero-order chi connectivity index (χ0) is 18.4. The van der Waals surface area contributed by atoms with Crippen LogP contribution in [0.2, 0.25) is 0 Å². The summed E-state index contributed by atoms with van der Waals surface area (Å²) in [6.07, 6.45) is -9.05. The monoisotopic (exact) mass is 362 g/mol. The SMILES string of the molecule is COc1ccc(C(F)(F)F)cc1N1CNc2cc(C(F)(F)F)ccc21. The number of nitrogens with one attached hydrogen (secondary N) is 1. The molecule has 2 aromatic rings. The first-order valence-corrected chi connectivity index (χ1v) is 7.09. The largest absolute Gasteiger partial charge is 0.495 e. The molecular weight excluding hydrogens is 350 g/mol. The van der Waals surface area contributed by atoms with Gasteiger partial charge in [-0.3, -0.25) is 0 Å². The third-order valence-corrected chi connectivity index (χ3v) is 3.84. The summed E-state index contributed by atoms with van der Waals surface area (Å²) in [5.74, 6) is 0.183. The van der Waals surface area contributed by atoms with Crippen LogP contribution < -0.4 is 15.0 Å². The molecule has 0 aromatic heterocycles. The summed E-state index contributed by atoms with van der Waals surface area (Å²) in [6.45, 7) is 0.0221. The number of anilines is 3. The van der Waals surface area contributed by atoms with E-state index < -0.39 is 23.5 Å². The van der Waals surface area contributed by atoms with E-state index in [1.165, 1.54) is 24.1 Å². The highest BCUT2D eigenvalue weighted by molar-refractivity contribution is 5.84. The lowest BCUT2D eigenvalue weighted by molar-refractivity contribution is -0.138. The van der Waals surface area contributed by atoms with Crippen molar-refractivity contribution in [3.8, 4) is 5.75 Å². The summed E-state index contributed by atoms with van der Waals surface area (Å²) in [4.78, 5) is 1.43. The lowest BCUT2D eigenvalue weighted by atomic mass is 10.1. The minimum atomic E-state index is -4.54. The molecule has 0 bridgehead atoms. The highest BCUT2D eigenvalue weighted by Gasteiger charge is 2.35. The molecule has 0 amide bonds. The third-order valence-electron chi connectivity index (χ3n) is 3.84. The van der Waals surface area contributed by atoms with E-state index in [1.807, 2.05) is 0 Å². The number of rotatable bonds is 2. The average molecular weight is 362 g/mol. The number of halogens is 6. The second-order valence-electron chi connectivity index (χ2n) is 5.38. The van der Waals surface area contributed by atoms with Gasteiger partial charge < -0.3 is 15.0 Å². The molecule has 1 heterocycles. The number of nitrogens with zero attached hydrogens (tertiary/aromatic N) is 1. The lowest BCUT2D eigenvalue weighted by Gasteiger charge is -2.22. The van der Waals surface area contributed by atoms with Crippen molar-refractivity contribution in [2.24, 2.45) is 0 Å². The van der Waals surface area contributed by atoms with E-state index in [4.69, 9.17) is 4.74 Å². The summed E-state index contributed by atoms with van der Waals surface area (Å²) in [5, 5.41) is 2.76. The van der Waals surface area contributed by atoms with Crippen molar-refractivity contribution in [3.63, 3.8) is 0 Å². The molecule has 134 valence electrons. The summed E-state index contributed by atoms with van der Waals surface area (Å²) in [7, 11) is 1.31. The highest BCUT2D eigenvalue weighted by Crippen LogP contribution is 2.45. The molecule has 1 aliphatic heterocycles. The zero-order valence-electron chi connectivity index (χ0n) is 12.8. The molecule has 25 heavy (non-hydrogen) atoms. The number of alkyl halides is 6. The van der Waals surface area contributed by atoms with Crippen LogP contribution in [0.1, 0.15) is 11.1 Å². The Hall–Kier alpha value is -2.58. The molecule has 3 rings (SSSR count). The smallest absolute Gasteiger partial charge is 0.416 e. The van der Waals surface area contributed by atoms with Crippen LogP contribution in [-0.2, 0) is 12.4 Å². The summed E-state index contributed by atoms with van der Waals surface area (Å²) >= 11 is 0. The van der Waals surface area contributed by atoms with Gasteiger partial charge in [-0.2, -0.15) is 26.3 Å². The van der Waals surface area contributed by atoms with Gasteiger partial charge in [0.15, 0.2) is 0 Å². The van der Waals surface area contributed by atoms with Crippen molar-refractivity contribution in [3.05, 3.63) is 47.5 Å². The minimum Gasteiger partial charge on any atom is -0.495 e. The second-order valence-corrected chi connectivity index (χ2v) is 5.38. The molecule has 0 fully saturated rings. The van der Waals surface area contributed by atoms with Crippen LogP contribution in [0, 0.1) is 0 Å². The maximum atomic E-state index is 13.0. The predicted octanol–water partition coefficient (Wildman–Crippen LogP) is 5.25. The fourth-order valence-corrected chi connectivity index (χ4v) is 2.63. The summed E-state index contributed by atoms with van der Waals surface area (Å²) in [5.41, 5.74) is -1.07. The van der Waals surface area contributed by atoms with Crippen LogP contribution in [0.25, 0.3) is 0 Å². The lowest BCUT2D eigenvalue weighted by Crippen LogP contribution is -2.18. The normalized spacial score (nSPS) is 14.3. The van der Waals surface area contributed by atoms with Gasteiger partial charge >= 0.3 is 12.4 Å². The van der Waals surface area contributed by atoms with E-state index in [1.54, 1.807) is 0 Å². The quantitative estimate of drug-likeness (QED) is 0.738. The van der Waals surface area contributed by atoms with Crippen molar-refractivity contribution < 1.29 is 31.1 Å². The summed E-state index contributed by atoms with van der Waals surface area (Å²) in [6, 6.07) is 6.01. The van der Waals surface area contributed by atoms with Crippen LogP contribution >= 0.6 is 0 Å². The molecular formula is C16H12F6N2O. The molecule has 0 saturated heterocycles. The number of methoxy groups -OCH3 is 1. The number of hydrogen-bond acceptors (Lipinski definition) is 3. The minimum absolute atomic E-state index is 0.0221. The highest BCUT2D eigenvalue weighted by atomic mass is 19.4. The van der Waals surface area contributed by atoms with Gasteiger partial charge in [0.05, 0.1) is 42.0 Å². The fraction of sp³-hybridized carbons (Fsp3) is 0.250. The van der Waals surface area contributed by atoms with Gasteiger partial charge in [-0.25, -0.2) is 0 Å². The van der Waals surface area contributed by atoms with E-state index in [2.05, 4.69) is 5.32 Å². The number of ether oxygens (including phenoxy) is 1. The van der Waals surface area contributed by atoms with Gasteiger partial charge in [-0.15, -0.1) is 0 Å². The molecule has 0 radical (unpaired) electrons. The van der Waals surface area contributed by atoms with Gasteiger partial charge in [-0.1, -0.05) is 0 Å². The number of benzene rings is 2. The van der Waals surface area contributed by atoms with Gasteiger partial charge in [-0.05, 0) is 36.4 Å². The molecule has 2 aromatic carbocycles. The average Bonchev–Trinajstić information content (AvgIpc) is 2.95. The van der Waals surface area contributed by atoms with Crippen LogP contribution in [0.15, 0.2) is 36.4 Å². The van der Waals surface area contributed by atoms with E-state index in [0.717, 1.165) is 24.3 Å². The standard InChI is InChI=1S/C16H12F6N2O/c1-25-14-5-3-10(16(20,21)22)7-13(14)24-8-23-11-6-9(15(17,18)19)2-4-12(11)24/h2-7,23H,8H2,1H3. The number of hydrogen-bond donors (Lipinski definition) is 1. The van der Waals surface area contributed by atoms with Gasteiger partial charge in [0.25, 0.3) is 0 Å². The first kappa shape index (κ1) is 17.2. The molecule has 1 aliphatic rings. The Bertz CT molecular complexity index is 800. The fourth-order valence-electron chi connectivity index (χ4n) is 2.63. The molecule has 3 nitrogen and oxygen atoms in total. The topological polar surface area (TPSA) is 24.5 Å². The molecule has 9 heteroatoms. The van der Waals surface area contributed by atoms with Crippen LogP contribution in [-0.4, -0.2) is 13.8 Å². The molecule has 0 spiro atoms. The van der Waals surface area contributed by atoms with Crippen LogP contribution in [0.3, 0.4) is 0 Å². The molecule has 0 aliphatic carbocycles. The Labute approximate surface area is 138 Å².